The molecule has 20 heavy (non-hydrogen) atoms. The molecule has 1 aromatic carbocycles. The van der Waals surface area contributed by atoms with E-state index < -0.39 is 0 Å². The van der Waals surface area contributed by atoms with E-state index in [1.165, 1.54) is 0 Å². The Labute approximate surface area is 127 Å². The van der Waals surface area contributed by atoms with Crippen molar-refractivity contribution in [1.82, 2.24) is 4.90 Å². The van der Waals surface area contributed by atoms with Gasteiger partial charge in [0, 0.05) is 30.8 Å². The summed E-state index contributed by atoms with van der Waals surface area (Å²) in [4.78, 5) is 2.49. The minimum atomic E-state index is 0.0679. The summed E-state index contributed by atoms with van der Waals surface area (Å²) in [7, 11) is 0. The predicted molar refractivity (Wildman–Crippen MR) is 84.1 cm³/mol. The number of benzene rings is 1. The second kappa shape index (κ2) is 7.99. The van der Waals surface area contributed by atoms with E-state index in [2.05, 4.69) is 17.9 Å². The zero-order valence-corrected chi connectivity index (χ0v) is 13.0. The minimum absolute atomic E-state index is 0.0679. The zero-order chi connectivity index (χ0) is 14.4. The van der Waals surface area contributed by atoms with Gasteiger partial charge in [0.25, 0.3) is 0 Å². The van der Waals surface area contributed by atoms with Gasteiger partial charge in [0.2, 0.25) is 0 Å². The Balaban J connectivity index is 1.73. The fraction of sp³-hybridized carbons (Fsp3) is 0.625. The van der Waals surface area contributed by atoms with Gasteiger partial charge in [-0.2, -0.15) is 0 Å². The summed E-state index contributed by atoms with van der Waals surface area (Å²) < 4.78 is 5.67. The van der Waals surface area contributed by atoms with Gasteiger partial charge >= 0.3 is 0 Å². The van der Waals surface area contributed by atoms with Crippen molar-refractivity contribution >= 4 is 11.6 Å². The van der Waals surface area contributed by atoms with Crippen LogP contribution in [0.1, 0.15) is 37.8 Å². The Bertz CT molecular complexity index is 405. The molecular weight excluding hydrogens is 272 g/mol. The van der Waals surface area contributed by atoms with Crippen LogP contribution in [0.25, 0.3) is 0 Å². The van der Waals surface area contributed by atoms with Gasteiger partial charge in [0.05, 0.1) is 6.10 Å². The quantitative estimate of drug-likeness (QED) is 0.876. The number of nitrogens with zero attached hydrogens (tertiary/aromatic N) is 1. The maximum absolute atomic E-state index is 6.25. The number of ether oxygens (including phenoxy) is 1. The molecule has 0 aliphatic carbocycles. The number of halogens is 1. The Kier molecular flexibility index (Phi) is 6.30. The molecule has 112 valence electrons. The highest BCUT2D eigenvalue weighted by Crippen LogP contribution is 2.20. The molecule has 0 aromatic heterocycles. The van der Waals surface area contributed by atoms with Crippen molar-refractivity contribution in [2.24, 2.45) is 5.73 Å². The first-order valence-corrected chi connectivity index (χ1v) is 7.92. The molecule has 1 saturated heterocycles. The molecule has 1 aromatic rings. The van der Waals surface area contributed by atoms with Gasteiger partial charge in [0.15, 0.2) is 0 Å². The van der Waals surface area contributed by atoms with Crippen molar-refractivity contribution in [3.63, 3.8) is 0 Å². The second-order valence-electron chi connectivity index (χ2n) is 5.45. The van der Waals surface area contributed by atoms with Gasteiger partial charge in [-0.15, -0.1) is 0 Å². The maximum Gasteiger partial charge on any atom is 0.0599 e. The summed E-state index contributed by atoms with van der Waals surface area (Å²) in [6.07, 6.45) is 3.71. The lowest BCUT2D eigenvalue weighted by Crippen LogP contribution is -2.38. The monoisotopic (exact) mass is 296 g/mol. The first-order chi connectivity index (χ1) is 9.69. The van der Waals surface area contributed by atoms with E-state index in [9.17, 15) is 0 Å². The first kappa shape index (κ1) is 15.8. The summed E-state index contributed by atoms with van der Waals surface area (Å²) in [6.45, 7) is 6.17. The van der Waals surface area contributed by atoms with Crippen LogP contribution in [0.2, 0.25) is 5.02 Å². The smallest absolute Gasteiger partial charge is 0.0599 e. The molecule has 1 heterocycles. The molecule has 1 atom stereocenters. The molecular formula is C16H25ClN2O. The van der Waals surface area contributed by atoms with Crippen molar-refractivity contribution in [1.29, 1.82) is 0 Å². The van der Waals surface area contributed by atoms with E-state index >= 15 is 0 Å². The fourth-order valence-electron chi connectivity index (χ4n) is 2.76. The SMILES string of the molecule is CCOC1CCN(CCC(N)c2cccc(Cl)c2)CC1. The van der Waals surface area contributed by atoms with Crippen molar-refractivity contribution in [3.8, 4) is 0 Å². The van der Waals surface area contributed by atoms with Crippen molar-refractivity contribution in [3.05, 3.63) is 34.9 Å². The van der Waals surface area contributed by atoms with Crippen LogP contribution in [0.5, 0.6) is 0 Å². The molecule has 1 aliphatic rings. The average molecular weight is 297 g/mol. The number of rotatable bonds is 6. The Morgan fingerprint density at radius 2 is 2.15 bits per heavy atom. The summed E-state index contributed by atoms with van der Waals surface area (Å²) in [5.74, 6) is 0. The number of likely N-dealkylation sites (tertiary alicyclic amines) is 1. The first-order valence-electron chi connectivity index (χ1n) is 7.54. The lowest BCUT2D eigenvalue weighted by Gasteiger charge is -2.32. The fourth-order valence-corrected chi connectivity index (χ4v) is 2.96. The van der Waals surface area contributed by atoms with E-state index in [-0.39, 0.29) is 6.04 Å². The van der Waals surface area contributed by atoms with Crippen molar-refractivity contribution in [2.75, 3.05) is 26.2 Å². The van der Waals surface area contributed by atoms with Gasteiger partial charge < -0.3 is 15.4 Å². The van der Waals surface area contributed by atoms with Gasteiger partial charge in [-0.1, -0.05) is 23.7 Å². The molecule has 0 radical (unpaired) electrons. The maximum atomic E-state index is 6.25. The Hall–Kier alpha value is -0.610. The third-order valence-corrected chi connectivity index (χ3v) is 4.21. The standard InChI is InChI=1S/C16H25ClN2O/c1-2-20-15-6-9-19(10-7-15)11-8-16(18)13-4-3-5-14(17)12-13/h3-5,12,15-16H,2,6-11,18H2,1H3. The highest BCUT2D eigenvalue weighted by atomic mass is 35.5. The Morgan fingerprint density at radius 3 is 2.80 bits per heavy atom. The molecule has 0 spiro atoms. The molecule has 4 heteroatoms. The largest absolute Gasteiger partial charge is 0.378 e. The minimum Gasteiger partial charge on any atom is -0.378 e. The van der Waals surface area contributed by atoms with Crippen LogP contribution in [-0.4, -0.2) is 37.2 Å². The van der Waals surface area contributed by atoms with Crippen molar-refractivity contribution < 1.29 is 4.74 Å². The third-order valence-electron chi connectivity index (χ3n) is 3.97. The second-order valence-corrected chi connectivity index (χ2v) is 5.88. The van der Waals surface area contributed by atoms with Crippen LogP contribution in [0.3, 0.4) is 0 Å². The number of nitrogens with two attached hydrogens (primary N) is 1. The van der Waals surface area contributed by atoms with Crippen molar-refractivity contribution in [2.45, 2.75) is 38.3 Å². The summed E-state index contributed by atoms with van der Waals surface area (Å²) in [6, 6.07) is 7.94. The van der Waals surface area contributed by atoms with Gasteiger partial charge in [0.1, 0.15) is 0 Å². The van der Waals surface area contributed by atoms with E-state index in [1.54, 1.807) is 0 Å². The number of hydrogen-bond acceptors (Lipinski definition) is 3. The van der Waals surface area contributed by atoms with E-state index in [0.29, 0.717) is 6.10 Å². The topological polar surface area (TPSA) is 38.5 Å². The lowest BCUT2D eigenvalue weighted by atomic mass is 10.0. The lowest BCUT2D eigenvalue weighted by molar-refractivity contribution is 0.0138. The molecule has 0 amide bonds. The Morgan fingerprint density at radius 1 is 1.40 bits per heavy atom. The zero-order valence-electron chi connectivity index (χ0n) is 12.2. The van der Waals surface area contributed by atoms with Crippen LogP contribution in [0, 0.1) is 0 Å². The molecule has 1 aliphatic heterocycles. The van der Waals surface area contributed by atoms with Gasteiger partial charge in [-0.05, 0) is 50.4 Å². The van der Waals surface area contributed by atoms with E-state index in [4.69, 9.17) is 22.1 Å². The molecule has 1 fully saturated rings. The van der Waals surface area contributed by atoms with Crippen LogP contribution in [-0.2, 0) is 4.74 Å². The predicted octanol–water partition coefficient (Wildman–Crippen LogP) is 3.23. The van der Waals surface area contributed by atoms with Crippen LogP contribution in [0.15, 0.2) is 24.3 Å². The molecule has 2 N–H and O–H groups in total. The van der Waals surface area contributed by atoms with Crippen LogP contribution in [0.4, 0.5) is 0 Å². The molecule has 0 saturated carbocycles. The number of piperidine rings is 1. The van der Waals surface area contributed by atoms with Gasteiger partial charge in [-0.25, -0.2) is 0 Å². The highest BCUT2D eigenvalue weighted by molar-refractivity contribution is 6.30. The summed E-state index contributed by atoms with van der Waals surface area (Å²) >= 11 is 6.00. The van der Waals surface area contributed by atoms with Crippen LogP contribution < -0.4 is 5.73 Å². The number of hydrogen-bond donors (Lipinski definition) is 1. The normalized spacial score (nSPS) is 19.1. The van der Waals surface area contributed by atoms with E-state index in [1.807, 2.05) is 18.2 Å². The van der Waals surface area contributed by atoms with E-state index in [0.717, 1.165) is 56.1 Å². The summed E-state index contributed by atoms with van der Waals surface area (Å²) in [5, 5.41) is 0.760. The average Bonchev–Trinajstić information content (AvgIpc) is 2.46. The summed E-state index contributed by atoms with van der Waals surface area (Å²) in [5.41, 5.74) is 7.37. The third kappa shape index (κ3) is 4.74. The molecule has 3 nitrogen and oxygen atoms in total. The molecule has 2 rings (SSSR count). The highest BCUT2D eigenvalue weighted by Gasteiger charge is 2.19. The van der Waals surface area contributed by atoms with Gasteiger partial charge in [-0.3, -0.25) is 0 Å². The van der Waals surface area contributed by atoms with Crippen LogP contribution >= 0.6 is 11.6 Å². The molecule has 1 unspecified atom stereocenters. The molecule has 0 bridgehead atoms.